The van der Waals surface area contributed by atoms with Crippen LogP contribution < -0.4 is 0 Å². The fraction of sp³-hybridized carbons (Fsp3) is 0.884. The van der Waals surface area contributed by atoms with Crippen molar-refractivity contribution in [1.82, 2.24) is 9.80 Å². The predicted molar refractivity (Wildman–Crippen MR) is 340 cm³/mol. The molecule has 0 heterocycles. The zero-order chi connectivity index (χ0) is 63.7. The van der Waals surface area contributed by atoms with Crippen LogP contribution in [0, 0.1) is 11.8 Å². The van der Waals surface area contributed by atoms with Crippen molar-refractivity contribution in [2.75, 3.05) is 66.8 Å². The summed E-state index contributed by atoms with van der Waals surface area (Å²) in [7, 11) is 3.85. The summed E-state index contributed by atoms with van der Waals surface area (Å²) < 4.78 is 40.0. The summed E-state index contributed by atoms with van der Waals surface area (Å²) in [5.74, 6) is -10.1. The molecule has 0 aliphatic carbocycles. The number of rotatable bonds is 61. The van der Waals surface area contributed by atoms with E-state index in [0.717, 1.165) is 154 Å². The Kier molecular flexibility index (Phi) is 55.5. The van der Waals surface area contributed by atoms with E-state index in [9.17, 15) is 38.4 Å². The molecule has 502 valence electrons. The maximum Gasteiger partial charge on any atom is 0.321 e. The molecule has 86 heavy (non-hydrogen) atoms. The van der Waals surface area contributed by atoms with Gasteiger partial charge in [-0.3, -0.25) is 38.4 Å². The highest BCUT2D eigenvalue weighted by atomic mass is 16.6. The molecule has 0 aromatic carbocycles. The minimum Gasteiger partial charge on any atom is -0.466 e. The molecule has 0 saturated heterocycles. The average Bonchev–Trinajstić information content (AvgIpc) is 3.70. The van der Waals surface area contributed by atoms with Crippen LogP contribution in [0.1, 0.15) is 305 Å². The van der Waals surface area contributed by atoms with E-state index in [2.05, 4.69) is 34.6 Å². The Morgan fingerprint density at radius 2 is 0.663 bits per heavy atom. The van der Waals surface area contributed by atoms with E-state index in [1.807, 2.05) is 25.9 Å². The van der Waals surface area contributed by atoms with Crippen LogP contribution >= 0.6 is 0 Å². The summed E-state index contributed by atoms with van der Waals surface area (Å²) in [6, 6.07) is -1.22. The first-order valence-corrected chi connectivity index (χ1v) is 34.8. The molecule has 0 saturated carbocycles. The molecule has 3 atom stereocenters. The number of carbonyl (C=O) groups excluding carboxylic acids is 8. The number of amides is 1. The second-order valence-electron chi connectivity index (χ2n) is 24.0. The summed E-state index contributed by atoms with van der Waals surface area (Å²) in [6.07, 6.45) is 33.1. The average molecular weight is 1220 g/mol. The quantitative estimate of drug-likeness (QED) is 0.0240. The Hall–Kier alpha value is -4.28. The van der Waals surface area contributed by atoms with Gasteiger partial charge in [-0.05, 0) is 78.4 Å². The fourth-order valence-corrected chi connectivity index (χ4v) is 10.1. The van der Waals surface area contributed by atoms with Crippen molar-refractivity contribution in [2.45, 2.75) is 317 Å². The molecule has 0 rings (SSSR count). The number of hydrogen-bond donors (Lipinski definition) is 0. The summed E-state index contributed by atoms with van der Waals surface area (Å²) >= 11 is 0. The predicted octanol–water partition coefficient (Wildman–Crippen LogP) is 15.3. The lowest BCUT2D eigenvalue weighted by molar-refractivity contribution is -0.171. The van der Waals surface area contributed by atoms with E-state index in [1.165, 1.54) is 43.4 Å². The lowest BCUT2D eigenvalue weighted by atomic mass is 10.1. The van der Waals surface area contributed by atoms with Gasteiger partial charge in [-0.1, -0.05) is 221 Å². The van der Waals surface area contributed by atoms with Gasteiger partial charge in [0.05, 0.1) is 51.7 Å². The fourth-order valence-electron chi connectivity index (χ4n) is 10.1. The Balaban J connectivity index is 7.01. The Morgan fingerprint density at radius 3 is 1.03 bits per heavy atom. The molecule has 0 radical (unpaired) electrons. The summed E-state index contributed by atoms with van der Waals surface area (Å²) in [4.78, 5) is 114. The number of nitrogens with zero attached hydrogens (tertiary/aromatic N) is 2. The van der Waals surface area contributed by atoms with Gasteiger partial charge in [-0.2, -0.15) is 0 Å². The van der Waals surface area contributed by atoms with Crippen molar-refractivity contribution in [3.63, 3.8) is 0 Å². The van der Waals surface area contributed by atoms with Crippen molar-refractivity contribution in [1.29, 1.82) is 0 Å². The van der Waals surface area contributed by atoms with Gasteiger partial charge >= 0.3 is 41.8 Å². The second kappa shape index (κ2) is 58.4. The van der Waals surface area contributed by atoms with Gasteiger partial charge in [-0.15, -0.1) is 0 Å². The molecular formula is C69H126N2O15. The summed E-state index contributed by atoms with van der Waals surface area (Å²) in [5.41, 5.74) is 0. The molecular weight excluding hydrogens is 1100 g/mol. The van der Waals surface area contributed by atoms with Gasteiger partial charge < -0.3 is 43.0 Å². The smallest absolute Gasteiger partial charge is 0.321 e. The van der Waals surface area contributed by atoms with Gasteiger partial charge in [0.1, 0.15) is 19.3 Å². The number of unbranched alkanes of at least 4 members (excludes halogenated alkanes) is 28. The van der Waals surface area contributed by atoms with E-state index >= 15 is 0 Å². The SMILES string of the molecule is CCCCCCCCCCOC(=O)CC(C(=O)OCCCCCCCC)C(=O)OCC(COC(=O)C(CC(=O)OCCCCCCCCCC)C(=O)OCCCCCCCC)N(CCCCN(C)C)C(=O)CCC(=O)OC(CCC)CCCCCC. The standard InChI is InChI=1S/C69H126N2O15/c1-9-15-20-25-29-31-35-40-50-80-64(74)54-60(66(76)82-52-42-33-27-22-17-11-3)68(78)84-56-58(71(49-39-38-48-70(7)8)62(72)46-47-63(73)86-59(44-14-6)45-37-24-19-13-5)57-85-69(79)61(67(77)83-53-43-34-28-23-18-12-4)55-65(75)81-51-41-36-32-30-26-21-16-10-2/h58-61H,9-57H2,1-8H3. The minimum atomic E-state index is -1.70. The van der Waals surface area contributed by atoms with Crippen LogP contribution in [0.15, 0.2) is 0 Å². The topological polar surface area (TPSA) is 208 Å². The number of esters is 7. The van der Waals surface area contributed by atoms with Crippen LogP contribution in [-0.2, 0) is 71.5 Å². The van der Waals surface area contributed by atoms with E-state index < -0.39 is 91.6 Å². The first-order chi connectivity index (χ1) is 41.7. The molecule has 17 heteroatoms. The number of ether oxygens (including phenoxy) is 7. The van der Waals surface area contributed by atoms with Gasteiger partial charge in [0, 0.05) is 13.0 Å². The monoisotopic (exact) mass is 1220 g/mol. The molecule has 1 amide bonds. The van der Waals surface area contributed by atoms with E-state index in [-0.39, 0.29) is 51.9 Å². The number of carbonyl (C=O) groups is 8. The first-order valence-electron chi connectivity index (χ1n) is 34.8. The molecule has 0 aromatic heterocycles. The second-order valence-corrected chi connectivity index (χ2v) is 24.0. The largest absolute Gasteiger partial charge is 0.466 e. The lowest BCUT2D eigenvalue weighted by Gasteiger charge is -2.32. The van der Waals surface area contributed by atoms with Crippen molar-refractivity contribution in [3.05, 3.63) is 0 Å². The van der Waals surface area contributed by atoms with Gasteiger partial charge in [0.15, 0.2) is 11.8 Å². The third-order valence-corrected chi connectivity index (χ3v) is 15.6. The molecule has 3 unspecified atom stereocenters. The molecule has 0 N–H and O–H groups in total. The number of hydrogen-bond acceptors (Lipinski definition) is 16. The first kappa shape index (κ1) is 81.7. The minimum absolute atomic E-state index is 0.0334. The zero-order valence-corrected chi connectivity index (χ0v) is 56.0. The van der Waals surface area contributed by atoms with Crippen LogP contribution in [0.5, 0.6) is 0 Å². The highest BCUT2D eigenvalue weighted by Crippen LogP contribution is 2.20. The Morgan fingerprint density at radius 1 is 0.326 bits per heavy atom. The highest BCUT2D eigenvalue weighted by Gasteiger charge is 2.37. The molecule has 0 spiro atoms. The van der Waals surface area contributed by atoms with Crippen molar-refractivity contribution < 1.29 is 71.5 Å². The van der Waals surface area contributed by atoms with Gasteiger partial charge in [0.2, 0.25) is 5.91 Å². The Labute approximate surface area is 522 Å². The zero-order valence-electron chi connectivity index (χ0n) is 56.0. The van der Waals surface area contributed by atoms with Crippen molar-refractivity contribution >= 4 is 47.7 Å². The van der Waals surface area contributed by atoms with Crippen LogP contribution in [0.3, 0.4) is 0 Å². The third-order valence-electron chi connectivity index (χ3n) is 15.6. The molecule has 0 bridgehead atoms. The molecule has 0 aliphatic heterocycles. The van der Waals surface area contributed by atoms with Gasteiger partial charge in [-0.25, -0.2) is 0 Å². The Bertz CT molecular complexity index is 1640. The van der Waals surface area contributed by atoms with Crippen LogP contribution in [0.25, 0.3) is 0 Å². The normalized spacial score (nSPS) is 12.7. The molecule has 0 aromatic rings. The molecule has 17 nitrogen and oxygen atoms in total. The summed E-state index contributed by atoms with van der Waals surface area (Å²) in [5, 5.41) is 0. The molecule has 0 aliphatic rings. The van der Waals surface area contributed by atoms with Crippen LogP contribution in [0.4, 0.5) is 0 Å². The summed E-state index contributed by atoms with van der Waals surface area (Å²) in [6.45, 7) is 12.6. The highest BCUT2D eigenvalue weighted by molar-refractivity contribution is 5.99. The van der Waals surface area contributed by atoms with Gasteiger partial charge in [0.25, 0.3) is 0 Å². The molecule has 0 fully saturated rings. The van der Waals surface area contributed by atoms with E-state index in [4.69, 9.17) is 33.2 Å². The van der Waals surface area contributed by atoms with Crippen LogP contribution in [-0.4, -0.2) is 136 Å². The third kappa shape index (κ3) is 46.8. The van der Waals surface area contributed by atoms with E-state index in [0.29, 0.717) is 51.5 Å². The maximum atomic E-state index is 14.6. The van der Waals surface area contributed by atoms with Crippen LogP contribution in [0.2, 0.25) is 0 Å². The van der Waals surface area contributed by atoms with E-state index in [1.54, 1.807) is 0 Å². The van der Waals surface area contributed by atoms with Crippen molar-refractivity contribution in [3.8, 4) is 0 Å². The lowest BCUT2D eigenvalue weighted by Crippen LogP contribution is -2.48. The van der Waals surface area contributed by atoms with Crippen molar-refractivity contribution in [2.24, 2.45) is 11.8 Å². The maximum absolute atomic E-state index is 14.6.